The maximum absolute atomic E-state index is 11.6. The van der Waals surface area contributed by atoms with Crippen molar-refractivity contribution in [1.82, 2.24) is 20.3 Å². The predicted octanol–water partition coefficient (Wildman–Crippen LogP) is -1.32. The highest BCUT2D eigenvalue weighted by atomic mass is 32.2. The quantitative estimate of drug-likeness (QED) is 0.581. The summed E-state index contributed by atoms with van der Waals surface area (Å²) in [5.74, 6) is -0.914. The third kappa shape index (κ3) is 6.30. The molecule has 0 spiro atoms. The van der Waals surface area contributed by atoms with Gasteiger partial charge in [0.15, 0.2) is 9.84 Å². The maximum atomic E-state index is 11.6. The van der Waals surface area contributed by atoms with Gasteiger partial charge < -0.3 is 11.1 Å². The van der Waals surface area contributed by atoms with E-state index >= 15 is 0 Å². The first kappa shape index (κ1) is 15.6. The molecule has 8 nitrogen and oxygen atoms in total. The van der Waals surface area contributed by atoms with E-state index in [1.807, 2.05) is 6.92 Å². The molecule has 1 aromatic heterocycles. The Morgan fingerprint density at radius 2 is 2.21 bits per heavy atom. The average molecular weight is 289 g/mol. The monoisotopic (exact) mass is 289 g/mol. The van der Waals surface area contributed by atoms with Crippen LogP contribution in [0.25, 0.3) is 0 Å². The largest absolute Gasteiger partial charge is 0.370 e. The van der Waals surface area contributed by atoms with Crippen molar-refractivity contribution in [3.8, 4) is 0 Å². The number of hydrogen-bond donors (Lipinski definition) is 2. The van der Waals surface area contributed by atoms with Gasteiger partial charge in [-0.1, -0.05) is 12.1 Å². The zero-order valence-electron chi connectivity index (χ0n) is 10.9. The number of nitrogens with two attached hydrogens (primary N) is 1. The van der Waals surface area contributed by atoms with Gasteiger partial charge in [0.2, 0.25) is 5.91 Å². The minimum absolute atomic E-state index is 0.0791. The number of aromatic nitrogens is 3. The SMILES string of the molecule is CCNCc1cn(CCS(=O)(=O)CCC(N)=O)nn1. The second-order valence-corrected chi connectivity index (χ2v) is 6.43. The van der Waals surface area contributed by atoms with Crippen LogP contribution in [0.1, 0.15) is 19.0 Å². The molecule has 19 heavy (non-hydrogen) atoms. The van der Waals surface area contributed by atoms with Crippen LogP contribution in [-0.4, -0.2) is 47.4 Å². The van der Waals surface area contributed by atoms with Gasteiger partial charge in [-0.3, -0.25) is 9.48 Å². The molecule has 1 aromatic rings. The number of primary amides is 1. The third-order valence-corrected chi connectivity index (χ3v) is 4.06. The highest BCUT2D eigenvalue weighted by molar-refractivity contribution is 7.91. The molecule has 0 aliphatic carbocycles. The smallest absolute Gasteiger partial charge is 0.218 e. The van der Waals surface area contributed by atoms with Gasteiger partial charge in [0.25, 0.3) is 0 Å². The zero-order chi connectivity index (χ0) is 14.3. The Bertz CT molecular complexity index is 511. The van der Waals surface area contributed by atoms with Crippen molar-refractivity contribution >= 4 is 15.7 Å². The van der Waals surface area contributed by atoms with E-state index in [0.717, 1.165) is 12.2 Å². The van der Waals surface area contributed by atoms with Gasteiger partial charge in [0.05, 0.1) is 23.7 Å². The maximum Gasteiger partial charge on any atom is 0.218 e. The highest BCUT2D eigenvalue weighted by Gasteiger charge is 2.13. The van der Waals surface area contributed by atoms with Crippen LogP contribution in [0, 0.1) is 0 Å². The molecule has 0 radical (unpaired) electrons. The number of amides is 1. The summed E-state index contributed by atoms with van der Waals surface area (Å²) in [4.78, 5) is 10.5. The molecule has 0 bridgehead atoms. The summed E-state index contributed by atoms with van der Waals surface area (Å²) in [7, 11) is -3.29. The van der Waals surface area contributed by atoms with Crippen molar-refractivity contribution < 1.29 is 13.2 Å². The summed E-state index contributed by atoms with van der Waals surface area (Å²) < 4.78 is 24.7. The fourth-order valence-corrected chi connectivity index (χ4v) is 2.55. The third-order valence-electron chi connectivity index (χ3n) is 2.43. The van der Waals surface area contributed by atoms with Crippen LogP contribution in [0.5, 0.6) is 0 Å². The summed E-state index contributed by atoms with van der Waals surface area (Å²) in [6, 6.07) is 0. The molecular formula is C10H19N5O3S. The standard InChI is InChI=1S/C10H19N5O3S/c1-2-12-7-9-8-15(14-13-9)4-6-19(17,18)5-3-10(11)16/h8,12H,2-7H2,1H3,(H2,11,16). The molecular weight excluding hydrogens is 270 g/mol. The number of sulfone groups is 1. The van der Waals surface area contributed by atoms with Crippen LogP contribution in [0.2, 0.25) is 0 Å². The second-order valence-electron chi connectivity index (χ2n) is 4.12. The molecule has 0 saturated carbocycles. The number of rotatable bonds is 9. The number of aryl methyl sites for hydroxylation is 1. The Morgan fingerprint density at radius 3 is 2.84 bits per heavy atom. The zero-order valence-corrected chi connectivity index (χ0v) is 11.7. The van der Waals surface area contributed by atoms with Crippen molar-refractivity contribution in [3.05, 3.63) is 11.9 Å². The van der Waals surface area contributed by atoms with Gasteiger partial charge in [-0.05, 0) is 6.54 Å². The lowest BCUT2D eigenvalue weighted by Crippen LogP contribution is -2.21. The Labute approximate surface area is 112 Å². The van der Waals surface area contributed by atoms with E-state index in [4.69, 9.17) is 5.73 Å². The van der Waals surface area contributed by atoms with Gasteiger partial charge in [-0.25, -0.2) is 8.42 Å². The van der Waals surface area contributed by atoms with Crippen molar-refractivity contribution in [2.45, 2.75) is 26.4 Å². The molecule has 0 aromatic carbocycles. The number of carbonyl (C=O) groups excluding carboxylic acids is 1. The van der Waals surface area contributed by atoms with Crippen molar-refractivity contribution in [1.29, 1.82) is 0 Å². The molecule has 0 aliphatic rings. The molecule has 0 saturated heterocycles. The van der Waals surface area contributed by atoms with Crippen LogP contribution < -0.4 is 11.1 Å². The van der Waals surface area contributed by atoms with Crippen molar-refractivity contribution in [3.63, 3.8) is 0 Å². The average Bonchev–Trinajstić information content (AvgIpc) is 2.80. The molecule has 0 atom stereocenters. The number of carbonyl (C=O) groups is 1. The van der Waals surface area contributed by atoms with E-state index in [1.165, 1.54) is 4.68 Å². The summed E-state index contributed by atoms with van der Waals surface area (Å²) >= 11 is 0. The molecule has 1 rings (SSSR count). The Hall–Kier alpha value is -1.48. The van der Waals surface area contributed by atoms with E-state index in [2.05, 4.69) is 15.6 Å². The topological polar surface area (TPSA) is 120 Å². The van der Waals surface area contributed by atoms with Crippen molar-refractivity contribution in [2.24, 2.45) is 5.73 Å². The number of nitrogens with zero attached hydrogens (tertiary/aromatic N) is 3. The highest BCUT2D eigenvalue weighted by Crippen LogP contribution is 1.98. The van der Waals surface area contributed by atoms with E-state index in [9.17, 15) is 13.2 Å². The Kier molecular flexibility index (Phi) is 5.90. The fraction of sp³-hybridized carbons (Fsp3) is 0.700. The van der Waals surface area contributed by atoms with Gasteiger partial charge in [0, 0.05) is 19.2 Å². The van der Waals surface area contributed by atoms with Crippen LogP contribution in [0.3, 0.4) is 0 Å². The second kappa shape index (κ2) is 7.19. The normalized spacial score (nSPS) is 11.6. The lowest BCUT2D eigenvalue weighted by Gasteiger charge is -2.02. The Balaban J connectivity index is 2.43. The summed E-state index contributed by atoms with van der Waals surface area (Å²) in [6.45, 7) is 3.63. The number of hydrogen-bond acceptors (Lipinski definition) is 6. The van der Waals surface area contributed by atoms with E-state index in [-0.39, 0.29) is 24.5 Å². The van der Waals surface area contributed by atoms with E-state index in [1.54, 1.807) is 6.20 Å². The molecule has 0 fully saturated rings. The first-order valence-electron chi connectivity index (χ1n) is 6.01. The summed E-state index contributed by atoms with van der Waals surface area (Å²) in [5, 5.41) is 10.8. The molecule has 0 aliphatic heterocycles. The van der Waals surface area contributed by atoms with Crippen LogP contribution >= 0.6 is 0 Å². The summed E-state index contributed by atoms with van der Waals surface area (Å²) in [6.07, 6.45) is 1.55. The van der Waals surface area contributed by atoms with Gasteiger partial charge in [-0.2, -0.15) is 0 Å². The molecule has 0 unspecified atom stereocenters. The van der Waals surface area contributed by atoms with Gasteiger partial charge in [0.1, 0.15) is 0 Å². The van der Waals surface area contributed by atoms with E-state index < -0.39 is 15.7 Å². The van der Waals surface area contributed by atoms with Crippen LogP contribution in [0.15, 0.2) is 6.20 Å². The van der Waals surface area contributed by atoms with Crippen LogP contribution in [0.4, 0.5) is 0 Å². The van der Waals surface area contributed by atoms with Gasteiger partial charge in [-0.15, -0.1) is 5.10 Å². The lowest BCUT2D eigenvalue weighted by atomic mass is 10.4. The molecule has 3 N–H and O–H groups in total. The van der Waals surface area contributed by atoms with Crippen molar-refractivity contribution in [2.75, 3.05) is 18.1 Å². The minimum Gasteiger partial charge on any atom is -0.370 e. The minimum atomic E-state index is -3.29. The summed E-state index contributed by atoms with van der Waals surface area (Å²) in [5.41, 5.74) is 5.68. The molecule has 108 valence electrons. The molecule has 1 amide bonds. The van der Waals surface area contributed by atoms with E-state index in [0.29, 0.717) is 6.54 Å². The Morgan fingerprint density at radius 1 is 1.47 bits per heavy atom. The first-order valence-corrected chi connectivity index (χ1v) is 7.83. The first-order chi connectivity index (χ1) is 8.93. The van der Waals surface area contributed by atoms with Gasteiger partial charge >= 0.3 is 0 Å². The lowest BCUT2D eigenvalue weighted by molar-refractivity contribution is -0.117. The molecule has 1 heterocycles. The van der Waals surface area contributed by atoms with Crippen LogP contribution in [-0.2, 0) is 27.7 Å². The number of nitrogens with one attached hydrogen (secondary N) is 1. The fourth-order valence-electron chi connectivity index (χ4n) is 1.37. The predicted molar refractivity (Wildman–Crippen MR) is 69.9 cm³/mol. The molecule has 9 heteroatoms.